The first-order valence-corrected chi connectivity index (χ1v) is 8.31. The summed E-state index contributed by atoms with van der Waals surface area (Å²) in [6.45, 7) is 8.64. The van der Waals surface area contributed by atoms with Crippen molar-refractivity contribution in [3.63, 3.8) is 0 Å². The number of hydrogen-bond acceptors (Lipinski definition) is 2. The number of rotatable bonds is 4. The standard InChI is InChI=1S/C17H24BrNO2/c1-12-9-13(6-7-15(12)18)10-19-8-4-5-14(11-19)17(2,3)16(20)21/h6-7,9,14H,4-5,8,10-11H2,1-3H3,(H,20,21). The molecule has 1 atom stereocenters. The number of likely N-dealkylation sites (tertiary alicyclic amines) is 1. The number of nitrogens with zero attached hydrogens (tertiary/aromatic N) is 1. The molecule has 1 saturated heterocycles. The highest BCUT2D eigenvalue weighted by atomic mass is 79.9. The van der Waals surface area contributed by atoms with Crippen molar-refractivity contribution < 1.29 is 9.90 Å². The topological polar surface area (TPSA) is 40.5 Å². The Hall–Kier alpha value is -0.870. The zero-order chi connectivity index (χ0) is 15.6. The van der Waals surface area contributed by atoms with Gasteiger partial charge in [0.1, 0.15) is 0 Å². The maximum atomic E-state index is 11.4. The Morgan fingerprint density at radius 2 is 2.19 bits per heavy atom. The van der Waals surface area contributed by atoms with Gasteiger partial charge in [-0.25, -0.2) is 0 Å². The van der Waals surface area contributed by atoms with Gasteiger partial charge in [-0.15, -0.1) is 0 Å². The maximum Gasteiger partial charge on any atom is 0.309 e. The monoisotopic (exact) mass is 353 g/mol. The van der Waals surface area contributed by atoms with Gasteiger partial charge in [-0.2, -0.15) is 0 Å². The molecule has 0 spiro atoms. The molecule has 1 aromatic carbocycles. The SMILES string of the molecule is Cc1cc(CN2CCCC(C(C)(C)C(=O)O)C2)ccc1Br. The Kier molecular flexibility index (Phi) is 5.10. The van der Waals surface area contributed by atoms with Gasteiger partial charge in [-0.3, -0.25) is 9.69 Å². The van der Waals surface area contributed by atoms with Crippen molar-refractivity contribution in [2.45, 2.75) is 40.2 Å². The van der Waals surface area contributed by atoms with Gasteiger partial charge in [0.15, 0.2) is 0 Å². The second-order valence-corrected chi connectivity index (χ2v) is 7.54. The van der Waals surface area contributed by atoms with Crippen LogP contribution in [0.5, 0.6) is 0 Å². The number of carbonyl (C=O) groups is 1. The number of halogens is 1. The van der Waals surface area contributed by atoms with Gasteiger partial charge in [-0.05, 0) is 63.3 Å². The van der Waals surface area contributed by atoms with E-state index < -0.39 is 11.4 Å². The fourth-order valence-electron chi connectivity index (χ4n) is 3.03. The van der Waals surface area contributed by atoms with Crippen molar-refractivity contribution in [2.75, 3.05) is 13.1 Å². The van der Waals surface area contributed by atoms with Crippen molar-refractivity contribution in [3.05, 3.63) is 33.8 Å². The molecule has 116 valence electrons. The molecule has 0 bridgehead atoms. The lowest BCUT2D eigenvalue weighted by Gasteiger charge is -2.39. The van der Waals surface area contributed by atoms with Crippen LogP contribution >= 0.6 is 15.9 Å². The molecule has 1 unspecified atom stereocenters. The normalized spacial score (nSPS) is 20.5. The van der Waals surface area contributed by atoms with Gasteiger partial charge in [0.2, 0.25) is 0 Å². The van der Waals surface area contributed by atoms with Crippen molar-refractivity contribution >= 4 is 21.9 Å². The lowest BCUT2D eigenvalue weighted by atomic mass is 9.74. The molecule has 4 heteroatoms. The molecule has 1 aliphatic heterocycles. The molecule has 0 saturated carbocycles. The average molecular weight is 354 g/mol. The van der Waals surface area contributed by atoms with Crippen LogP contribution in [0.4, 0.5) is 0 Å². The van der Waals surface area contributed by atoms with Crippen molar-refractivity contribution in [1.82, 2.24) is 4.90 Å². The summed E-state index contributed by atoms with van der Waals surface area (Å²) in [5, 5.41) is 9.41. The quantitative estimate of drug-likeness (QED) is 0.886. The Morgan fingerprint density at radius 3 is 2.81 bits per heavy atom. The number of carboxylic acids is 1. The summed E-state index contributed by atoms with van der Waals surface area (Å²) in [4.78, 5) is 13.8. The molecule has 1 heterocycles. The van der Waals surface area contributed by atoms with Crippen molar-refractivity contribution in [2.24, 2.45) is 11.3 Å². The number of carboxylic acid groups (broad SMARTS) is 1. The Labute approximate surface area is 135 Å². The van der Waals surface area contributed by atoms with E-state index in [4.69, 9.17) is 0 Å². The molecule has 0 radical (unpaired) electrons. The van der Waals surface area contributed by atoms with Crippen LogP contribution in [0, 0.1) is 18.3 Å². The summed E-state index contributed by atoms with van der Waals surface area (Å²) >= 11 is 3.53. The van der Waals surface area contributed by atoms with Gasteiger partial charge < -0.3 is 5.11 Å². The molecular formula is C17H24BrNO2. The summed E-state index contributed by atoms with van der Waals surface area (Å²) in [5.74, 6) is -0.464. The van der Waals surface area contributed by atoms with Gasteiger partial charge in [0.05, 0.1) is 5.41 Å². The van der Waals surface area contributed by atoms with Crippen LogP contribution in [-0.2, 0) is 11.3 Å². The van der Waals surface area contributed by atoms with Gasteiger partial charge in [-0.1, -0.05) is 28.1 Å². The molecule has 2 rings (SSSR count). The number of benzene rings is 1. The molecule has 1 fully saturated rings. The molecule has 21 heavy (non-hydrogen) atoms. The maximum absolute atomic E-state index is 11.4. The van der Waals surface area contributed by atoms with E-state index in [2.05, 4.69) is 46.0 Å². The summed E-state index contributed by atoms with van der Waals surface area (Å²) < 4.78 is 1.13. The highest BCUT2D eigenvalue weighted by Gasteiger charge is 2.38. The van der Waals surface area contributed by atoms with E-state index >= 15 is 0 Å². The number of hydrogen-bond donors (Lipinski definition) is 1. The number of aliphatic carboxylic acids is 1. The summed E-state index contributed by atoms with van der Waals surface area (Å²) in [7, 11) is 0. The number of piperidine rings is 1. The summed E-state index contributed by atoms with van der Waals surface area (Å²) in [6, 6.07) is 6.44. The van der Waals surface area contributed by atoms with Crippen LogP contribution in [0.25, 0.3) is 0 Å². The minimum atomic E-state index is -0.686. The van der Waals surface area contributed by atoms with Crippen LogP contribution in [0.15, 0.2) is 22.7 Å². The molecule has 1 aliphatic rings. The molecule has 0 aliphatic carbocycles. The van der Waals surface area contributed by atoms with E-state index in [9.17, 15) is 9.90 Å². The lowest BCUT2D eigenvalue weighted by molar-refractivity contribution is -0.151. The molecule has 1 aromatic rings. The van der Waals surface area contributed by atoms with Crippen LogP contribution in [0.3, 0.4) is 0 Å². The zero-order valence-corrected chi connectivity index (χ0v) is 14.6. The third-order valence-corrected chi connectivity index (χ3v) is 5.60. The van der Waals surface area contributed by atoms with Gasteiger partial charge in [0.25, 0.3) is 0 Å². The van der Waals surface area contributed by atoms with E-state index in [-0.39, 0.29) is 5.92 Å². The zero-order valence-electron chi connectivity index (χ0n) is 13.0. The number of aryl methyl sites for hydroxylation is 1. The summed E-state index contributed by atoms with van der Waals surface area (Å²) in [5.41, 5.74) is 1.89. The molecule has 3 nitrogen and oxygen atoms in total. The minimum absolute atomic E-state index is 0.222. The fraction of sp³-hybridized carbons (Fsp3) is 0.588. The molecule has 0 aromatic heterocycles. The smallest absolute Gasteiger partial charge is 0.309 e. The minimum Gasteiger partial charge on any atom is -0.481 e. The first-order chi connectivity index (χ1) is 9.80. The van der Waals surface area contributed by atoms with E-state index in [1.807, 2.05) is 13.8 Å². The lowest BCUT2D eigenvalue weighted by Crippen LogP contribution is -2.44. The molecule has 1 N–H and O–H groups in total. The largest absolute Gasteiger partial charge is 0.481 e. The first-order valence-electron chi connectivity index (χ1n) is 7.51. The second-order valence-electron chi connectivity index (χ2n) is 6.68. The predicted octanol–water partition coefficient (Wildman–Crippen LogP) is 4.08. The Morgan fingerprint density at radius 1 is 1.48 bits per heavy atom. The van der Waals surface area contributed by atoms with Crippen LogP contribution in [0.2, 0.25) is 0 Å². The van der Waals surface area contributed by atoms with Crippen LogP contribution < -0.4 is 0 Å². The van der Waals surface area contributed by atoms with Gasteiger partial charge in [0, 0.05) is 17.6 Å². The van der Waals surface area contributed by atoms with Crippen LogP contribution in [-0.4, -0.2) is 29.1 Å². The Balaban J connectivity index is 2.04. The van der Waals surface area contributed by atoms with E-state index in [1.54, 1.807) is 0 Å². The molecular weight excluding hydrogens is 330 g/mol. The van der Waals surface area contributed by atoms with Crippen LogP contribution in [0.1, 0.15) is 37.8 Å². The molecule has 0 amide bonds. The van der Waals surface area contributed by atoms with Crippen molar-refractivity contribution in [1.29, 1.82) is 0 Å². The predicted molar refractivity (Wildman–Crippen MR) is 88.3 cm³/mol. The van der Waals surface area contributed by atoms with E-state index in [0.717, 1.165) is 36.9 Å². The van der Waals surface area contributed by atoms with Gasteiger partial charge >= 0.3 is 5.97 Å². The average Bonchev–Trinajstić information content (AvgIpc) is 2.43. The highest BCUT2D eigenvalue weighted by molar-refractivity contribution is 9.10. The van der Waals surface area contributed by atoms with E-state index in [0.29, 0.717) is 0 Å². The summed E-state index contributed by atoms with van der Waals surface area (Å²) in [6.07, 6.45) is 2.09. The highest BCUT2D eigenvalue weighted by Crippen LogP contribution is 2.34. The van der Waals surface area contributed by atoms with Crippen molar-refractivity contribution in [3.8, 4) is 0 Å². The Bertz CT molecular complexity index is 528. The van der Waals surface area contributed by atoms with E-state index in [1.165, 1.54) is 11.1 Å². The third-order valence-electron chi connectivity index (χ3n) is 4.71. The first kappa shape index (κ1) is 16.5. The fourth-order valence-corrected chi connectivity index (χ4v) is 3.27. The second kappa shape index (κ2) is 6.49. The third kappa shape index (κ3) is 3.86.